The molecule has 0 aromatic carbocycles. The summed E-state index contributed by atoms with van der Waals surface area (Å²) in [6, 6.07) is 3.84. The lowest BCUT2D eigenvalue weighted by Gasteiger charge is -2.06. The molecule has 1 amide bonds. The van der Waals surface area contributed by atoms with Gasteiger partial charge in [0.1, 0.15) is 5.82 Å². The van der Waals surface area contributed by atoms with Crippen LogP contribution in [0.1, 0.15) is 42.2 Å². The van der Waals surface area contributed by atoms with Crippen LogP contribution < -0.4 is 11.1 Å². The molecule has 1 aliphatic rings. The average Bonchev–Trinajstić information content (AvgIpc) is 3.01. The molecule has 0 spiro atoms. The molecule has 0 atom stereocenters. The fourth-order valence-electron chi connectivity index (χ4n) is 1.62. The van der Waals surface area contributed by atoms with Crippen molar-refractivity contribution in [2.24, 2.45) is 0 Å². The SMILES string of the molecule is CCCc1cc(C(=O)NC2CC2)cc(N)n1. The first-order chi connectivity index (χ1) is 7.69. The minimum absolute atomic E-state index is 0.0334. The summed E-state index contributed by atoms with van der Waals surface area (Å²) in [5.41, 5.74) is 7.20. The summed E-state index contributed by atoms with van der Waals surface area (Å²) in [6.45, 7) is 2.08. The van der Waals surface area contributed by atoms with Gasteiger partial charge in [0.25, 0.3) is 5.91 Å². The number of pyridine rings is 1. The van der Waals surface area contributed by atoms with Crippen LogP contribution in [0.15, 0.2) is 12.1 Å². The van der Waals surface area contributed by atoms with Crippen molar-refractivity contribution in [3.63, 3.8) is 0 Å². The van der Waals surface area contributed by atoms with Crippen molar-refractivity contribution in [2.45, 2.75) is 38.6 Å². The van der Waals surface area contributed by atoms with Gasteiger partial charge in [-0.25, -0.2) is 4.98 Å². The maximum absolute atomic E-state index is 11.8. The van der Waals surface area contributed by atoms with Crippen molar-refractivity contribution < 1.29 is 4.79 Å². The van der Waals surface area contributed by atoms with Gasteiger partial charge in [-0.1, -0.05) is 13.3 Å². The van der Waals surface area contributed by atoms with E-state index in [9.17, 15) is 4.79 Å². The Balaban J connectivity index is 2.14. The lowest BCUT2D eigenvalue weighted by atomic mass is 10.1. The van der Waals surface area contributed by atoms with Crippen LogP contribution in [0.2, 0.25) is 0 Å². The molecule has 3 N–H and O–H groups in total. The van der Waals surface area contributed by atoms with Crippen LogP contribution in [0.4, 0.5) is 5.82 Å². The first kappa shape index (κ1) is 10.9. The Hall–Kier alpha value is -1.58. The zero-order valence-corrected chi connectivity index (χ0v) is 9.49. The molecular formula is C12H17N3O. The van der Waals surface area contributed by atoms with E-state index >= 15 is 0 Å². The third-order valence-corrected chi connectivity index (χ3v) is 2.58. The van der Waals surface area contributed by atoms with Gasteiger partial charge in [-0.05, 0) is 31.4 Å². The number of nitrogen functional groups attached to an aromatic ring is 1. The highest BCUT2D eigenvalue weighted by molar-refractivity contribution is 5.95. The topological polar surface area (TPSA) is 68.0 Å². The van der Waals surface area contributed by atoms with E-state index in [1.165, 1.54) is 0 Å². The maximum atomic E-state index is 11.8. The van der Waals surface area contributed by atoms with Crippen LogP contribution in [0.3, 0.4) is 0 Å². The number of hydrogen-bond donors (Lipinski definition) is 2. The van der Waals surface area contributed by atoms with Gasteiger partial charge in [0.2, 0.25) is 0 Å². The highest BCUT2D eigenvalue weighted by Crippen LogP contribution is 2.19. The number of amides is 1. The largest absolute Gasteiger partial charge is 0.384 e. The molecule has 4 heteroatoms. The van der Waals surface area contributed by atoms with Gasteiger partial charge in [-0.2, -0.15) is 0 Å². The molecule has 1 fully saturated rings. The lowest BCUT2D eigenvalue weighted by Crippen LogP contribution is -2.25. The molecule has 0 saturated heterocycles. The molecule has 0 radical (unpaired) electrons. The number of aromatic nitrogens is 1. The Morgan fingerprint density at radius 3 is 2.94 bits per heavy atom. The second kappa shape index (κ2) is 4.51. The number of aryl methyl sites for hydroxylation is 1. The lowest BCUT2D eigenvalue weighted by molar-refractivity contribution is 0.0951. The Kier molecular flexibility index (Phi) is 3.08. The van der Waals surface area contributed by atoms with Gasteiger partial charge in [0, 0.05) is 17.3 Å². The zero-order valence-electron chi connectivity index (χ0n) is 9.49. The fourth-order valence-corrected chi connectivity index (χ4v) is 1.62. The predicted molar refractivity (Wildman–Crippen MR) is 63.1 cm³/mol. The first-order valence-electron chi connectivity index (χ1n) is 5.76. The molecule has 1 saturated carbocycles. The van der Waals surface area contributed by atoms with Crippen LogP contribution in [-0.2, 0) is 6.42 Å². The number of nitrogens with zero attached hydrogens (tertiary/aromatic N) is 1. The van der Waals surface area contributed by atoms with E-state index in [0.717, 1.165) is 31.4 Å². The normalized spacial score (nSPS) is 14.8. The fraction of sp³-hybridized carbons (Fsp3) is 0.500. The van der Waals surface area contributed by atoms with Gasteiger partial charge in [0.15, 0.2) is 0 Å². The summed E-state index contributed by atoms with van der Waals surface area (Å²) < 4.78 is 0. The quantitative estimate of drug-likeness (QED) is 0.806. The molecule has 4 nitrogen and oxygen atoms in total. The number of nitrogens with two attached hydrogens (primary N) is 1. The average molecular weight is 219 g/mol. The van der Waals surface area contributed by atoms with Crippen LogP contribution in [0.5, 0.6) is 0 Å². The molecule has 1 aromatic heterocycles. The van der Waals surface area contributed by atoms with Gasteiger partial charge in [-0.15, -0.1) is 0 Å². The second-order valence-corrected chi connectivity index (χ2v) is 4.27. The highest BCUT2D eigenvalue weighted by atomic mass is 16.1. The Labute approximate surface area is 95.3 Å². The zero-order chi connectivity index (χ0) is 11.5. The van der Waals surface area contributed by atoms with E-state index in [4.69, 9.17) is 5.73 Å². The number of anilines is 1. The van der Waals surface area contributed by atoms with E-state index in [1.54, 1.807) is 6.07 Å². The monoisotopic (exact) mass is 219 g/mol. The van der Waals surface area contributed by atoms with Gasteiger partial charge in [-0.3, -0.25) is 4.79 Å². The third kappa shape index (κ3) is 2.72. The summed E-state index contributed by atoms with van der Waals surface area (Å²) >= 11 is 0. The van der Waals surface area contributed by atoms with E-state index < -0.39 is 0 Å². The van der Waals surface area contributed by atoms with Crippen molar-refractivity contribution >= 4 is 11.7 Å². The highest BCUT2D eigenvalue weighted by Gasteiger charge is 2.24. The number of rotatable bonds is 4. The number of hydrogen-bond acceptors (Lipinski definition) is 3. The van der Waals surface area contributed by atoms with Gasteiger partial charge >= 0.3 is 0 Å². The molecule has 1 heterocycles. The summed E-state index contributed by atoms with van der Waals surface area (Å²) in [7, 11) is 0. The first-order valence-corrected chi connectivity index (χ1v) is 5.76. The maximum Gasteiger partial charge on any atom is 0.251 e. The molecule has 2 rings (SSSR count). The molecule has 86 valence electrons. The summed E-state index contributed by atoms with van der Waals surface area (Å²) in [5, 5.41) is 2.94. The smallest absolute Gasteiger partial charge is 0.251 e. The van der Waals surface area contributed by atoms with Crippen molar-refractivity contribution in [1.29, 1.82) is 0 Å². The van der Waals surface area contributed by atoms with Crippen LogP contribution in [-0.4, -0.2) is 16.9 Å². The predicted octanol–water partition coefficient (Wildman–Crippen LogP) is 1.51. The minimum atomic E-state index is -0.0334. The van der Waals surface area contributed by atoms with Crippen molar-refractivity contribution in [2.75, 3.05) is 5.73 Å². The van der Waals surface area contributed by atoms with Gasteiger partial charge in [0.05, 0.1) is 0 Å². The number of nitrogens with one attached hydrogen (secondary N) is 1. The number of carbonyl (C=O) groups is 1. The molecular weight excluding hydrogens is 202 g/mol. The molecule has 1 aromatic rings. The summed E-state index contributed by atoms with van der Waals surface area (Å²) in [5.74, 6) is 0.390. The van der Waals surface area contributed by atoms with E-state index in [0.29, 0.717) is 17.4 Å². The molecule has 0 bridgehead atoms. The molecule has 1 aliphatic carbocycles. The van der Waals surface area contributed by atoms with E-state index in [-0.39, 0.29) is 5.91 Å². The van der Waals surface area contributed by atoms with E-state index in [2.05, 4.69) is 17.2 Å². The Bertz CT molecular complexity index is 399. The summed E-state index contributed by atoms with van der Waals surface area (Å²) in [4.78, 5) is 16.0. The van der Waals surface area contributed by atoms with Crippen molar-refractivity contribution in [3.8, 4) is 0 Å². The molecule has 16 heavy (non-hydrogen) atoms. The van der Waals surface area contributed by atoms with Crippen LogP contribution in [0, 0.1) is 0 Å². The van der Waals surface area contributed by atoms with E-state index in [1.807, 2.05) is 6.07 Å². The Morgan fingerprint density at radius 2 is 2.31 bits per heavy atom. The summed E-state index contributed by atoms with van der Waals surface area (Å²) in [6.07, 6.45) is 4.04. The third-order valence-electron chi connectivity index (χ3n) is 2.58. The molecule has 0 unspecified atom stereocenters. The van der Waals surface area contributed by atoms with Crippen molar-refractivity contribution in [3.05, 3.63) is 23.4 Å². The van der Waals surface area contributed by atoms with Gasteiger partial charge < -0.3 is 11.1 Å². The minimum Gasteiger partial charge on any atom is -0.384 e. The Morgan fingerprint density at radius 1 is 1.56 bits per heavy atom. The second-order valence-electron chi connectivity index (χ2n) is 4.27. The number of carbonyl (C=O) groups excluding carboxylic acids is 1. The standard InChI is InChI=1S/C12H17N3O/c1-2-3-10-6-8(7-11(13)14-10)12(16)15-9-4-5-9/h6-7,9H,2-5H2,1H3,(H2,13,14)(H,15,16). The van der Waals surface area contributed by atoms with Crippen LogP contribution >= 0.6 is 0 Å². The van der Waals surface area contributed by atoms with Crippen molar-refractivity contribution in [1.82, 2.24) is 10.3 Å². The molecule has 0 aliphatic heterocycles. The van der Waals surface area contributed by atoms with Crippen LogP contribution in [0.25, 0.3) is 0 Å².